The van der Waals surface area contributed by atoms with Crippen molar-refractivity contribution in [1.29, 1.82) is 0 Å². The third-order valence-electron chi connectivity index (χ3n) is 4.74. The molecular formula is C22H21FN4OS. The Labute approximate surface area is 172 Å². The SMILES string of the molecule is CCn1cc2nc(SCc3ccccc3F)n(Cc3ccc(C)cc3)c(=O)c2n1. The number of halogens is 1. The molecular weight excluding hydrogens is 387 g/mol. The number of hydrogen-bond acceptors (Lipinski definition) is 4. The van der Waals surface area contributed by atoms with Crippen molar-refractivity contribution >= 4 is 22.8 Å². The molecule has 0 bridgehead atoms. The monoisotopic (exact) mass is 408 g/mol. The van der Waals surface area contributed by atoms with E-state index in [4.69, 9.17) is 0 Å². The van der Waals surface area contributed by atoms with Gasteiger partial charge in [-0.15, -0.1) is 0 Å². The standard InChI is InChI=1S/C22H21FN4OS/c1-3-26-13-19-20(25-26)21(28)27(12-16-10-8-15(2)9-11-16)22(24-19)29-14-17-6-4-5-7-18(17)23/h4-11,13H,3,12,14H2,1-2H3. The van der Waals surface area contributed by atoms with Gasteiger partial charge in [0.25, 0.3) is 5.56 Å². The first-order valence-corrected chi connectivity index (χ1v) is 10.4. The van der Waals surface area contributed by atoms with E-state index in [1.54, 1.807) is 33.6 Å². The summed E-state index contributed by atoms with van der Waals surface area (Å²) in [4.78, 5) is 17.9. The number of nitrogens with zero attached hydrogens (tertiary/aromatic N) is 4. The second-order valence-corrected chi connectivity index (χ2v) is 7.81. The van der Waals surface area contributed by atoms with Gasteiger partial charge in [-0.2, -0.15) is 5.10 Å². The zero-order valence-electron chi connectivity index (χ0n) is 16.3. The molecule has 0 aliphatic heterocycles. The number of aromatic nitrogens is 4. The zero-order chi connectivity index (χ0) is 20.4. The Morgan fingerprint density at radius 1 is 1.10 bits per heavy atom. The van der Waals surface area contributed by atoms with E-state index in [-0.39, 0.29) is 11.4 Å². The van der Waals surface area contributed by atoms with Crippen molar-refractivity contribution in [3.8, 4) is 0 Å². The molecule has 148 valence electrons. The Morgan fingerprint density at radius 2 is 1.86 bits per heavy atom. The molecule has 0 spiro atoms. The Bertz CT molecular complexity index is 1210. The van der Waals surface area contributed by atoms with Gasteiger partial charge in [-0.3, -0.25) is 14.0 Å². The Morgan fingerprint density at radius 3 is 2.59 bits per heavy atom. The molecule has 0 saturated heterocycles. The number of hydrogen-bond donors (Lipinski definition) is 0. The van der Waals surface area contributed by atoms with Crippen LogP contribution >= 0.6 is 11.8 Å². The van der Waals surface area contributed by atoms with Crippen molar-refractivity contribution < 1.29 is 4.39 Å². The van der Waals surface area contributed by atoms with Gasteiger partial charge >= 0.3 is 0 Å². The highest BCUT2D eigenvalue weighted by molar-refractivity contribution is 7.98. The maximum atomic E-state index is 14.0. The van der Waals surface area contributed by atoms with Crippen LogP contribution in [0, 0.1) is 12.7 Å². The van der Waals surface area contributed by atoms with E-state index < -0.39 is 0 Å². The van der Waals surface area contributed by atoms with E-state index in [1.165, 1.54) is 17.8 Å². The van der Waals surface area contributed by atoms with Crippen molar-refractivity contribution in [2.75, 3.05) is 0 Å². The molecule has 0 saturated carbocycles. The molecule has 4 rings (SSSR count). The van der Waals surface area contributed by atoms with Crippen molar-refractivity contribution in [3.05, 3.63) is 87.6 Å². The molecule has 5 nitrogen and oxygen atoms in total. The Balaban J connectivity index is 1.76. The summed E-state index contributed by atoms with van der Waals surface area (Å²) < 4.78 is 17.4. The van der Waals surface area contributed by atoms with Crippen LogP contribution in [0.15, 0.2) is 64.7 Å². The average Bonchev–Trinajstić information content (AvgIpc) is 3.15. The highest BCUT2D eigenvalue weighted by Gasteiger charge is 2.16. The number of rotatable bonds is 6. The molecule has 0 aliphatic carbocycles. The summed E-state index contributed by atoms with van der Waals surface area (Å²) in [5.41, 5.74) is 3.48. The first-order chi connectivity index (χ1) is 14.0. The van der Waals surface area contributed by atoms with Crippen LogP contribution in [0.2, 0.25) is 0 Å². The fourth-order valence-electron chi connectivity index (χ4n) is 3.07. The Hall–Kier alpha value is -2.93. The molecule has 4 aromatic rings. The van der Waals surface area contributed by atoms with Gasteiger partial charge in [0.15, 0.2) is 10.7 Å². The van der Waals surface area contributed by atoms with Crippen LogP contribution in [0.25, 0.3) is 11.0 Å². The van der Waals surface area contributed by atoms with Crippen LogP contribution in [0.4, 0.5) is 4.39 Å². The van der Waals surface area contributed by atoms with Crippen LogP contribution in [0.1, 0.15) is 23.6 Å². The summed E-state index contributed by atoms with van der Waals surface area (Å²) in [6.07, 6.45) is 1.78. The van der Waals surface area contributed by atoms with Gasteiger partial charge in [-0.05, 0) is 31.0 Å². The summed E-state index contributed by atoms with van der Waals surface area (Å²) in [7, 11) is 0. The highest BCUT2D eigenvalue weighted by atomic mass is 32.2. The predicted molar refractivity (Wildman–Crippen MR) is 114 cm³/mol. The average molecular weight is 409 g/mol. The molecule has 0 amide bonds. The van der Waals surface area contributed by atoms with Gasteiger partial charge in [0.05, 0.1) is 12.7 Å². The van der Waals surface area contributed by atoms with Crippen LogP contribution < -0.4 is 5.56 Å². The summed E-state index contributed by atoms with van der Waals surface area (Å²) in [5, 5.41) is 4.93. The number of benzene rings is 2. The molecule has 29 heavy (non-hydrogen) atoms. The molecule has 2 aromatic heterocycles. The summed E-state index contributed by atoms with van der Waals surface area (Å²) >= 11 is 1.36. The lowest BCUT2D eigenvalue weighted by Crippen LogP contribution is -2.24. The van der Waals surface area contributed by atoms with Gasteiger partial charge in [-0.1, -0.05) is 59.8 Å². The van der Waals surface area contributed by atoms with Crippen molar-refractivity contribution in [2.45, 2.75) is 37.8 Å². The van der Waals surface area contributed by atoms with Gasteiger partial charge in [0, 0.05) is 12.3 Å². The van der Waals surface area contributed by atoms with E-state index >= 15 is 0 Å². The molecule has 0 N–H and O–H groups in total. The minimum absolute atomic E-state index is 0.182. The van der Waals surface area contributed by atoms with E-state index in [1.807, 2.05) is 38.1 Å². The lowest BCUT2D eigenvalue weighted by Gasteiger charge is -2.12. The third-order valence-corrected chi connectivity index (χ3v) is 5.76. The van der Waals surface area contributed by atoms with E-state index in [0.29, 0.717) is 40.6 Å². The quantitative estimate of drug-likeness (QED) is 0.350. The molecule has 0 unspecified atom stereocenters. The summed E-state index contributed by atoms with van der Waals surface area (Å²) in [6.45, 7) is 5.04. The molecule has 2 heterocycles. The topological polar surface area (TPSA) is 52.7 Å². The lowest BCUT2D eigenvalue weighted by atomic mass is 10.1. The second kappa shape index (κ2) is 8.21. The summed E-state index contributed by atoms with van der Waals surface area (Å²) in [5.74, 6) is 0.132. The first-order valence-electron chi connectivity index (χ1n) is 9.45. The minimum Gasteiger partial charge on any atom is -0.281 e. The van der Waals surface area contributed by atoms with Crippen LogP contribution in [0.5, 0.6) is 0 Å². The maximum Gasteiger partial charge on any atom is 0.282 e. The fraction of sp³-hybridized carbons (Fsp3) is 0.227. The maximum absolute atomic E-state index is 14.0. The van der Waals surface area contributed by atoms with Gasteiger partial charge < -0.3 is 0 Å². The van der Waals surface area contributed by atoms with Gasteiger partial charge in [0.1, 0.15) is 11.3 Å². The normalized spacial score (nSPS) is 11.3. The lowest BCUT2D eigenvalue weighted by molar-refractivity contribution is 0.616. The fourth-order valence-corrected chi connectivity index (χ4v) is 4.05. The number of aryl methyl sites for hydroxylation is 2. The van der Waals surface area contributed by atoms with Gasteiger partial charge in [-0.25, -0.2) is 9.37 Å². The molecule has 7 heteroatoms. The predicted octanol–water partition coefficient (Wildman–Crippen LogP) is 4.40. The molecule has 0 radical (unpaired) electrons. The number of thioether (sulfide) groups is 1. The minimum atomic E-state index is -0.257. The highest BCUT2D eigenvalue weighted by Crippen LogP contribution is 2.24. The van der Waals surface area contributed by atoms with Crippen molar-refractivity contribution in [2.24, 2.45) is 0 Å². The molecule has 0 aliphatic rings. The van der Waals surface area contributed by atoms with Gasteiger partial charge in [0.2, 0.25) is 0 Å². The van der Waals surface area contributed by atoms with E-state index in [2.05, 4.69) is 10.1 Å². The summed E-state index contributed by atoms with van der Waals surface area (Å²) in [6, 6.07) is 14.7. The van der Waals surface area contributed by atoms with Crippen molar-refractivity contribution in [3.63, 3.8) is 0 Å². The molecule has 2 aromatic carbocycles. The molecule has 0 fully saturated rings. The van der Waals surface area contributed by atoms with E-state index in [0.717, 1.165) is 11.1 Å². The molecule has 0 atom stereocenters. The van der Waals surface area contributed by atoms with Crippen LogP contribution in [0.3, 0.4) is 0 Å². The second-order valence-electron chi connectivity index (χ2n) is 6.87. The van der Waals surface area contributed by atoms with Crippen LogP contribution in [-0.4, -0.2) is 19.3 Å². The van der Waals surface area contributed by atoms with Crippen molar-refractivity contribution in [1.82, 2.24) is 19.3 Å². The van der Waals surface area contributed by atoms with Crippen LogP contribution in [-0.2, 0) is 18.8 Å². The first kappa shape index (κ1) is 19.4. The smallest absolute Gasteiger partial charge is 0.281 e. The van der Waals surface area contributed by atoms with E-state index in [9.17, 15) is 9.18 Å². The third kappa shape index (κ3) is 4.10. The Kier molecular flexibility index (Phi) is 5.49. The zero-order valence-corrected chi connectivity index (χ0v) is 17.1. The largest absolute Gasteiger partial charge is 0.282 e. The number of fused-ring (bicyclic) bond motifs is 1.